The Morgan fingerprint density at radius 2 is 1.62 bits per heavy atom. The van der Waals surface area contributed by atoms with Gasteiger partial charge >= 0.3 is 5.69 Å². The molecule has 1 aromatic heterocycles. The van der Waals surface area contributed by atoms with Crippen molar-refractivity contribution in [2.45, 2.75) is 72.4 Å². The van der Waals surface area contributed by atoms with Gasteiger partial charge in [0, 0.05) is 20.2 Å². The van der Waals surface area contributed by atoms with Gasteiger partial charge in [-0.3, -0.25) is 14.9 Å². The molecule has 1 aromatic carbocycles. The third kappa shape index (κ3) is 9.44. The van der Waals surface area contributed by atoms with Crippen molar-refractivity contribution in [3.63, 3.8) is 0 Å². The van der Waals surface area contributed by atoms with Crippen LogP contribution in [0.15, 0.2) is 34.1 Å². The quantitative estimate of drug-likeness (QED) is 0.174. The van der Waals surface area contributed by atoms with Crippen LogP contribution in [0.3, 0.4) is 0 Å². The number of H-pyrrole nitrogens is 1. The summed E-state index contributed by atoms with van der Waals surface area (Å²) < 4.78 is 1.66. The van der Waals surface area contributed by atoms with Crippen LogP contribution in [-0.4, -0.2) is 71.9 Å². The van der Waals surface area contributed by atoms with Crippen LogP contribution in [0.25, 0.3) is 0 Å². The van der Waals surface area contributed by atoms with Crippen molar-refractivity contribution in [3.05, 3.63) is 51.6 Å². The molecule has 0 spiro atoms. The number of hydrogen-bond donors (Lipinski definition) is 5. The number of amidine groups is 1. The second kappa shape index (κ2) is 17.8. The van der Waals surface area contributed by atoms with Crippen molar-refractivity contribution in [2.24, 2.45) is 16.8 Å². The van der Waals surface area contributed by atoms with Crippen molar-refractivity contribution in [1.82, 2.24) is 19.8 Å². The van der Waals surface area contributed by atoms with Gasteiger partial charge in [0.25, 0.3) is 0 Å². The molecule has 3 heterocycles. The normalized spacial score (nSPS) is 16.4. The lowest BCUT2D eigenvalue weighted by molar-refractivity contribution is 0.126. The number of aliphatic hydroxyl groups is 1. The van der Waals surface area contributed by atoms with E-state index in [9.17, 15) is 4.79 Å². The minimum Gasteiger partial charge on any atom is -0.400 e. The van der Waals surface area contributed by atoms with E-state index in [-0.39, 0.29) is 11.5 Å². The van der Waals surface area contributed by atoms with Gasteiger partial charge in [-0.1, -0.05) is 51.5 Å². The second-order valence-corrected chi connectivity index (χ2v) is 10.0. The van der Waals surface area contributed by atoms with Crippen LogP contribution in [0.4, 0.5) is 5.82 Å². The first-order valence-corrected chi connectivity index (χ1v) is 14.7. The van der Waals surface area contributed by atoms with E-state index in [0.717, 1.165) is 50.4 Å². The summed E-state index contributed by atoms with van der Waals surface area (Å²) in [5, 5.41) is 21.9. The van der Waals surface area contributed by atoms with Crippen molar-refractivity contribution in [1.29, 1.82) is 5.41 Å². The van der Waals surface area contributed by atoms with Gasteiger partial charge in [-0.15, -0.1) is 0 Å². The summed E-state index contributed by atoms with van der Waals surface area (Å²) in [5.41, 5.74) is 2.52. The molecule has 2 aromatic rings. The lowest BCUT2D eigenvalue weighted by atomic mass is 9.79. The number of aliphatic hydroxyl groups excluding tert-OH is 1. The van der Waals surface area contributed by atoms with E-state index in [4.69, 9.17) is 10.5 Å². The van der Waals surface area contributed by atoms with Gasteiger partial charge in [-0.2, -0.15) is 0 Å². The van der Waals surface area contributed by atoms with Crippen LogP contribution in [0.5, 0.6) is 0 Å². The lowest BCUT2D eigenvalue weighted by Gasteiger charge is -2.37. The average Bonchev–Trinajstić information content (AvgIpc) is 3.31. The molecule has 2 saturated heterocycles. The molecular formula is C30H51N7O2. The monoisotopic (exact) mass is 541 g/mol. The molecule has 0 aliphatic carbocycles. The molecule has 2 aliphatic heterocycles. The van der Waals surface area contributed by atoms with Gasteiger partial charge in [-0.25, -0.2) is 9.79 Å². The molecule has 0 saturated carbocycles. The summed E-state index contributed by atoms with van der Waals surface area (Å²) in [4.78, 5) is 21.8. The first-order chi connectivity index (χ1) is 19.1. The molecule has 4 rings (SSSR count). The number of aromatic amines is 1. The van der Waals surface area contributed by atoms with Crippen molar-refractivity contribution >= 4 is 18.4 Å². The molecule has 0 radical (unpaired) electrons. The fraction of sp³-hybridized carbons (Fsp3) is 0.633. The number of likely N-dealkylation sites (tertiary alicyclic amines) is 1. The van der Waals surface area contributed by atoms with Crippen LogP contribution in [0.1, 0.15) is 76.1 Å². The zero-order valence-corrected chi connectivity index (χ0v) is 24.6. The van der Waals surface area contributed by atoms with E-state index in [1.54, 1.807) is 4.57 Å². The first kappa shape index (κ1) is 32.5. The highest BCUT2D eigenvalue weighted by Gasteiger charge is 2.27. The summed E-state index contributed by atoms with van der Waals surface area (Å²) in [7, 11) is 1.00. The maximum Gasteiger partial charge on any atom is 0.328 e. The minimum absolute atomic E-state index is 0.0286. The molecule has 0 bridgehead atoms. The molecule has 2 aliphatic rings. The maximum atomic E-state index is 12.7. The average molecular weight is 542 g/mol. The van der Waals surface area contributed by atoms with Gasteiger partial charge in [0.05, 0.1) is 6.54 Å². The molecule has 0 atom stereocenters. The van der Waals surface area contributed by atoms with Crippen molar-refractivity contribution in [2.75, 3.05) is 45.2 Å². The Labute approximate surface area is 234 Å². The third-order valence-electron chi connectivity index (χ3n) is 7.65. The molecule has 2 fully saturated rings. The van der Waals surface area contributed by atoms with Crippen LogP contribution >= 0.6 is 0 Å². The minimum atomic E-state index is -0.243. The summed E-state index contributed by atoms with van der Waals surface area (Å²) in [6, 6.07) is 8.60. The predicted molar refractivity (Wildman–Crippen MR) is 163 cm³/mol. The van der Waals surface area contributed by atoms with E-state index in [0.29, 0.717) is 18.1 Å². The number of nitrogens with one attached hydrogen (secondary N) is 4. The van der Waals surface area contributed by atoms with Crippen molar-refractivity contribution in [3.8, 4) is 0 Å². The van der Waals surface area contributed by atoms with Gasteiger partial charge in [-0.05, 0) is 88.0 Å². The zero-order chi connectivity index (χ0) is 28.6. The molecule has 0 unspecified atom stereocenters. The van der Waals surface area contributed by atoms with Gasteiger partial charge in [0.2, 0.25) is 0 Å². The smallest absolute Gasteiger partial charge is 0.328 e. The number of anilines is 1. The van der Waals surface area contributed by atoms with Crippen molar-refractivity contribution < 1.29 is 5.11 Å². The Hall–Kier alpha value is -2.75. The topological polar surface area (TPSA) is 122 Å². The summed E-state index contributed by atoms with van der Waals surface area (Å²) >= 11 is 0. The van der Waals surface area contributed by atoms with Gasteiger partial charge < -0.3 is 20.7 Å². The van der Waals surface area contributed by atoms with Gasteiger partial charge in [0.1, 0.15) is 11.5 Å². The fourth-order valence-corrected chi connectivity index (χ4v) is 5.53. The van der Waals surface area contributed by atoms with Gasteiger partial charge in [0.15, 0.2) is 5.84 Å². The first-order valence-electron chi connectivity index (χ1n) is 14.7. The largest absolute Gasteiger partial charge is 0.400 e. The van der Waals surface area contributed by atoms with Crippen LogP contribution < -0.4 is 16.3 Å². The van der Waals surface area contributed by atoms with E-state index in [1.165, 1.54) is 57.4 Å². The molecular weight excluding hydrogens is 490 g/mol. The highest BCUT2D eigenvalue weighted by Crippen LogP contribution is 2.31. The number of aromatic nitrogens is 2. The fourth-order valence-electron chi connectivity index (χ4n) is 5.53. The molecule has 5 N–H and O–H groups in total. The number of hydrogen-bond acceptors (Lipinski definition) is 6. The Balaban J connectivity index is 0.00000127. The van der Waals surface area contributed by atoms with Crippen LogP contribution in [-0.2, 0) is 13.1 Å². The Morgan fingerprint density at radius 3 is 2.18 bits per heavy atom. The Kier molecular flexibility index (Phi) is 14.8. The summed E-state index contributed by atoms with van der Waals surface area (Å²) in [6.07, 6.45) is 7.37. The predicted octanol–water partition coefficient (Wildman–Crippen LogP) is 4.31. The SMILES string of the molecule is C=NC(=N)c1[nH]c(=O)n(Cc2ccc(CN3CCC(C4CCNCC4)CC3)cc2)c1NCCCC.CC.CO. The van der Waals surface area contributed by atoms with E-state index < -0.39 is 0 Å². The number of piperidine rings is 2. The molecule has 218 valence electrons. The molecule has 9 heteroatoms. The van der Waals surface area contributed by atoms with Crippen LogP contribution in [0, 0.1) is 17.2 Å². The van der Waals surface area contributed by atoms with E-state index in [1.807, 2.05) is 13.8 Å². The highest BCUT2D eigenvalue weighted by molar-refractivity contribution is 6.01. The number of rotatable bonds is 10. The standard InChI is InChI=1S/C27H41N7O.C2H6.CH4O/c1-3-4-13-31-26-24(25(28)29-2)32-27(35)34(26)19-21-7-5-20(6-8-21)18-33-16-11-23(12-17-33)22-9-14-30-15-10-22;2*1-2/h5-8,22-23,28,30-31H,2-4,9-19H2,1H3,(H,32,35);1-2H3;2H,1H3. The third-order valence-corrected chi connectivity index (χ3v) is 7.65. The number of benzene rings is 1. The maximum absolute atomic E-state index is 12.7. The lowest BCUT2D eigenvalue weighted by Crippen LogP contribution is -2.39. The number of aliphatic imine (C=N–C) groups is 1. The summed E-state index contributed by atoms with van der Waals surface area (Å²) in [6.45, 7) is 16.5. The Bertz CT molecular complexity index is 1030. The number of imidazole rings is 1. The molecule has 9 nitrogen and oxygen atoms in total. The van der Waals surface area contributed by atoms with Crippen LogP contribution in [0.2, 0.25) is 0 Å². The number of unbranched alkanes of at least 4 members (excludes halogenated alkanes) is 1. The Morgan fingerprint density at radius 1 is 1.05 bits per heavy atom. The summed E-state index contributed by atoms with van der Waals surface area (Å²) in [5.74, 6) is 2.40. The number of nitrogens with zero attached hydrogens (tertiary/aromatic N) is 3. The molecule has 0 amide bonds. The second-order valence-electron chi connectivity index (χ2n) is 10.0. The highest BCUT2D eigenvalue weighted by atomic mass is 16.2. The zero-order valence-electron chi connectivity index (χ0n) is 24.6. The van der Waals surface area contributed by atoms with E-state index in [2.05, 4.69) is 63.4 Å². The molecule has 39 heavy (non-hydrogen) atoms. The van der Waals surface area contributed by atoms with E-state index >= 15 is 0 Å².